The Morgan fingerprint density at radius 1 is 1.33 bits per heavy atom. The minimum atomic E-state index is -0.408. The SMILES string of the molecule is CCOC(=O)c1cncc(-c2cnc(Cl)nc2N2CCOCC2)c1. The third-order valence-electron chi connectivity index (χ3n) is 3.61. The lowest BCUT2D eigenvalue weighted by Crippen LogP contribution is -2.37. The van der Waals surface area contributed by atoms with Crippen molar-refractivity contribution < 1.29 is 14.3 Å². The number of carbonyl (C=O) groups excluding carboxylic acids is 1. The van der Waals surface area contributed by atoms with E-state index in [0.29, 0.717) is 44.3 Å². The van der Waals surface area contributed by atoms with Crippen LogP contribution in [0.5, 0.6) is 0 Å². The summed E-state index contributed by atoms with van der Waals surface area (Å²) in [5.41, 5.74) is 1.89. The molecule has 0 amide bonds. The molecule has 0 radical (unpaired) electrons. The normalized spacial score (nSPS) is 14.5. The monoisotopic (exact) mass is 348 g/mol. The van der Waals surface area contributed by atoms with Gasteiger partial charge in [-0.05, 0) is 24.6 Å². The number of hydrogen-bond donors (Lipinski definition) is 0. The number of nitrogens with zero attached hydrogens (tertiary/aromatic N) is 4. The molecule has 0 saturated carbocycles. The molecule has 1 saturated heterocycles. The van der Waals surface area contributed by atoms with E-state index in [9.17, 15) is 4.79 Å². The van der Waals surface area contributed by atoms with Gasteiger partial charge in [-0.1, -0.05) is 0 Å². The smallest absolute Gasteiger partial charge is 0.339 e. The molecule has 3 heterocycles. The van der Waals surface area contributed by atoms with Crippen LogP contribution in [0.3, 0.4) is 0 Å². The number of pyridine rings is 1. The lowest BCUT2D eigenvalue weighted by atomic mass is 10.1. The van der Waals surface area contributed by atoms with Crippen LogP contribution >= 0.6 is 11.6 Å². The van der Waals surface area contributed by atoms with Gasteiger partial charge < -0.3 is 14.4 Å². The number of rotatable bonds is 4. The van der Waals surface area contributed by atoms with E-state index in [-0.39, 0.29) is 5.28 Å². The second-order valence-corrected chi connectivity index (χ2v) is 5.50. The molecule has 0 N–H and O–H groups in total. The molecule has 1 fully saturated rings. The zero-order valence-electron chi connectivity index (χ0n) is 13.2. The minimum Gasteiger partial charge on any atom is -0.462 e. The predicted molar refractivity (Wildman–Crippen MR) is 89.3 cm³/mol. The van der Waals surface area contributed by atoms with Gasteiger partial charge in [0.2, 0.25) is 5.28 Å². The van der Waals surface area contributed by atoms with Crippen LogP contribution in [0.4, 0.5) is 5.82 Å². The highest BCUT2D eigenvalue weighted by Gasteiger charge is 2.19. The Kier molecular flexibility index (Phi) is 5.22. The fourth-order valence-electron chi connectivity index (χ4n) is 2.49. The number of halogens is 1. The van der Waals surface area contributed by atoms with E-state index in [0.717, 1.165) is 11.1 Å². The first-order chi connectivity index (χ1) is 11.7. The Morgan fingerprint density at radius 2 is 2.12 bits per heavy atom. The van der Waals surface area contributed by atoms with Gasteiger partial charge in [0.15, 0.2) is 0 Å². The first kappa shape index (κ1) is 16.6. The van der Waals surface area contributed by atoms with Gasteiger partial charge in [-0.15, -0.1) is 0 Å². The van der Waals surface area contributed by atoms with Gasteiger partial charge >= 0.3 is 5.97 Å². The molecule has 8 heteroatoms. The topological polar surface area (TPSA) is 77.4 Å². The molecule has 0 aliphatic carbocycles. The molecule has 0 atom stereocenters. The number of carbonyl (C=O) groups is 1. The van der Waals surface area contributed by atoms with E-state index in [1.807, 2.05) is 0 Å². The van der Waals surface area contributed by atoms with Gasteiger partial charge in [0.1, 0.15) is 5.82 Å². The Labute approximate surface area is 144 Å². The van der Waals surface area contributed by atoms with Crippen LogP contribution in [0, 0.1) is 0 Å². The predicted octanol–water partition coefficient (Wildman–Crippen LogP) is 2.21. The fourth-order valence-corrected chi connectivity index (χ4v) is 2.61. The Hall–Kier alpha value is -2.25. The highest BCUT2D eigenvalue weighted by Crippen LogP contribution is 2.30. The van der Waals surface area contributed by atoms with E-state index in [2.05, 4.69) is 19.9 Å². The van der Waals surface area contributed by atoms with Crippen molar-refractivity contribution in [1.82, 2.24) is 15.0 Å². The molecule has 0 aromatic carbocycles. The van der Waals surface area contributed by atoms with E-state index in [4.69, 9.17) is 21.1 Å². The number of aromatic nitrogens is 3. The molecule has 126 valence electrons. The van der Waals surface area contributed by atoms with Crippen molar-refractivity contribution in [2.45, 2.75) is 6.92 Å². The van der Waals surface area contributed by atoms with Crippen molar-refractivity contribution in [1.29, 1.82) is 0 Å². The summed E-state index contributed by atoms with van der Waals surface area (Å²) >= 11 is 5.98. The van der Waals surface area contributed by atoms with E-state index < -0.39 is 5.97 Å². The zero-order valence-corrected chi connectivity index (χ0v) is 14.0. The third kappa shape index (κ3) is 3.63. The minimum absolute atomic E-state index is 0.176. The molecule has 3 rings (SSSR count). The molecule has 0 unspecified atom stereocenters. The van der Waals surface area contributed by atoms with E-state index in [1.165, 1.54) is 6.20 Å². The fraction of sp³-hybridized carbons (Fsp3) is 0.375. The molecular weight excluding hydrogens is 332 g/mol. The average Bonchev–Trinajstić information content (AvgIpc) is 2.63. The van der Waals surface area contributed by atoms with Crippen molar-refractivity contribution in [2.75, 3.05) is 37.8 Å². The number of esters is 1. The standard InChI is InChI=1S/C16H17ClN4O3/c1-2-24-15(22)12-7-11(8-18-9-12)13-10-19-16(17)20-14(13)21-3-5-23-6-4-21/h7-10H,2-6H2,1H3. The maximum absolute atomic E-state index is 11.9. The molecule has 2 aromatic heterocycles. The molecular formula is C16H17ClN4O3. The van der Waals surface area contributed by atoms with Crippen molar-refractivity contribution in [3.05, 3.63) is 35.5 Å². The van der Waals surface area contributed by atoms with Gasteiger partial charge in [0.05, 0.1) is 25.4 Å². The number of anilines is 1. The maximum Gasteiger partial charge on any atom is 0.339 e. The molecule has 7 nitrogen and oxygen atoms in total. The molecule has 0 spiro atoms. The van der Waals surface area contributed by atoms with Gasteiger partial charge in [0.25, 0.3) is 0 Å². The summed E-state index contributed by atoms with van der Waals surface area (Å²) in [4.78, 5) is 26.6. The van der Waals surface area contributed by atoms with Crippen molar-refractivity contribution in [3.8, 4) is 11.1 Å². The van der Waals surface area contributed by atoms with Gasteiger partial charge in [-0.2, -0.15) is 4.98 Å². The molecule has 1 aliphatic rings. The summed E-state index contributed by atoms with van der Waals surface area (Å²) < 4.78 is 10.4. The molecule has 1 aliphatic heterocycles. The zero-order chi connectivity index (χ0) is 16.9. The molecule has 24 heavy (non-hydrogen) atoms. The van der Waals surface area contributed by atoms with Crippen molar-refractivity contribution in [3.63, 3.8) is 0 Å². The maximum atomic E-state index is 11.9. The average molecular weight is 349 g/mol. The first-order valence-electron chi connectivity index (χ1n) is 7.67. The summed E-state index contributed by atoms with van der Waals surface area (Å²) in [6, 6.07) is 1.72. The Bertz CT molecular complexity index is 735. The summed E-state index contributed by atoms with van der Waals surface area (Å²) in [5, 5.41) is 0.176. The van der Waals surface area contributed by atoms with Crippen LogP contribution < -0.4 is 4.90 Å². The van der Waals surface area contributed by atoms with Crippen LogP contribution in [-0.4, -0.2) is 53.8 Å². The van der Waals surface area contributed by atoms with Crippen LogP contribution in [0.15, 0.2) is 24.7 Å². The Balaban J connectivity index is 1.99. The number of ether oxygens (including phenoxy) is 2. The van der Waals surface area contributed by atoms with E-state index >= 15 is 0 Å². The lowest BCUT2D eigenvalue weighted by molar-refractivity contribution is 0.0526. The summed E-state index contributed by atoms with van der Waals surface area (Å²) in [5.74, 6) is 0.302. The van der Waals surface area contributed by atoms with Gasteiger partial charge in [-0.3, -0.25) is 4.98 Å². The highest BCUT2D eigenvalue weighted by molar-refractivity contribution is 6.28. The summed E-state index contributed by atoms with van der Waals surface area (Å²) in [6.07, 6.45) is 4.79. The van der Waals surface area contributed by atoms with Crippen LogP contribution in [0.2, 0.25) is 5.28 Å². The largest absolute Gasteiger partial charge is 0.462 e. The third-order valence-corrected chi connectivity index (χ3v) is 3.79. The van der Waals surface area contributed by atoms with E-state index in [1.54, 1.807) is 25.4 Å². The quantitative estimate of drug-likeness (QED) is 0.619. The molecule has 2 aromatic rings. The first-order valence-corrected chi connectivity index (χ1v) is 8.04. The molecule has 0 bridgehead atoms. The highest BCUT2D eigenvalue weighted by atomic mass is 35.5. The van der Waals surface area contributed by atoms with Crippen LogP contribution in [0.1, 0.15) is 17.3 Å². The van der Waals surface area contributed by atoms with Crippen LogP contribution in [0.25, 0.3) is 11.1 Å². The van der Waals surface area contributed by atoms with Crippen LogP contribution in [-0.2, 0) is 9.47 Å². The summed E-state index contributed by atoms with van der Waals surface area (Å²) in [6.45, 7) is 4.76. The summed E-state index contributed by atoms with van der Waals surface area (Å²) in [7, 11) is 0. The number of morpholine rings is 1. The van der Waals surface area contributed by atoms with Crippen molar-refractivity contribution >= 4 is 23.4 Å². The Morgan fingerprint density at radius 3 is 2.88 bits per heavy atom. The van der Waals surface area contributed by atoms with Crippen molar-refractivity contribution in [2.24, 2.45) is 0 Å². The second kappa shape index (κ2) is 7.55. The number of hydrogen-bond acceptors (Lipinski definition) is 7. The lowest BCUT2D eigenvalue weighted by Gasteiger charge is -2.29. The van der Waals surface area contributed by atoms with Gasteiger partial charge in [0, 0.05) is 42.8 Å². The second-order valence-electron chi connectivity index (χ2n) is 5.16. The van der Waals surface area contributed by atoms with Gasteiger partial charge in [-0.25, -0.2) is 9.78 Å².